The van der Waals surface area contributed by atoms with Crippen molar-refractivity contribution in [3.63, 3.8) is 0 Å². The van der Waals surface area contributed by atoms with E-state index in [9.17, 15) is 13.2 Å². The van der Waals surface area contributed by atoms with E-state index in [2.05, 4.69) is 24.9 Å². The number of benzene rings is 1. The fourth-order valence-electron chi connectivity index (χ4n) is 1.80. The van der Waals surface area contributed by atoms with Gasteiger partial charge in [0.05, 0.1) is 11.9 Å². The summed E-state index contributed by atoms with van der Waals surface area (Å²) in [5.41, 5.74) is 0.940. The minimum Gasteiger partial charge on any atom is -0.434 e. The van der Waals surface area contributed by atoms with Crippen LogP contribution in [0.3, 0.4) is 0 Å². The number of hydrogen-bond donors (Lipinski definition) is 1. The van der Waals surface area contributed by atoms with E-state index in [1.807, 2.05) is 0 Å². The molecular weight excluding hydrogens is 309 g/mol. The van der Waals surface area contributed by atoms with E-state index in [1.54, 1.807) is 0 Å². The highest BCUT2D eigenvalue weighted by Gasteiger charge is 2.15. The fourth-order valence-corrected chi connectivity index (χ4v) is 1.97. The number of ether oxygens (including phenoxy) is 1. The first-order valence-electron chi connectivity index (χ1n) is 5.66. The molecule has 21 heavy (non-hydrogen) atoms. The maximum absolute atomic E-state index is 13.2. The second-order valence-corrected chi connectivity index (χ2v) is 4.36. The molecule has 1 N–H and O–H groups in total. The van der Waals surface area contributed by atoms with E-state index < -0.39 is 12.4 Å². The van der Waals surface area contributed by atoms with Gasteiger partial charge in [0.15, 0.2) is 5.15 Å². The molecule has 5 nitrogen and oxygen atoms in total. The quantitative estimate of drug-likeness (QED) is 0.804. The van der Waals surface area contributed by atoms with E-state index in [1.165, 1.54) is 12.3 Å². The lowest BCUT2D eigenvalue weighted by molar-refractivity contribution is -0.0496. The molecule has 3 aromatic rings. The largest absolute Gasteiger partial charge is 0.434 e. The molecular formula is C12H6ClF3N4O. The van der Waals surface area contributed by atoms with Gasteiger partial charge in [-0.05, 0) is 12.1 Å². The van der Waals surface area contributed by atoms with Crippen molar-refractivity contribution in [2.24, 2.45) is 0 Å². The van der Waals surface area contributed by atoms with Crippen molar-refractivity contribution in [3.8, 4) is 17.0 Å². The summed E-state index contributed by atoms with van der Waals surface area (Å²) >= 11 is 5.80. The zero-order valence-electron chi connectivity index (χ0n) is 10.1. The van der Waals surface area contributed by atoms with Crippen molar-refractivity contribution in [2.75, 3.05) is 0 Å². The fraction of sp³-hybridized carbons (Fsp3) is 0.0833. The predicted octanol–water partition coefficient (Wildman–Crippen LogP) is 3.41. The molecule has 2 heterocycles. The van der Waals surface area contributed by atoms with Crippen LogP contribution in [-0.2, 0) is 0 Å². The standard InChI is InChI=1S/C12H6ClF3N4O/c13-10-9-11(20-19-10)18-7(4-17-9)6-2-1-5(14)3-8(6)21-12(15)16/h1-4,12H,(H,18,19,20). The molecule has 0 atom stereocenters. The van der Waals surface area contributed by atoms with Gasteiger partial charge in [-0.3, -0.25) is 5.10 Å². The van der Waals surface area contributed by atoms with Crippen LogP contribution >= 0.6 is 11.6 Å². The van der Waals surface area contributed by atoms with Crippen molar-refractivity contribution < 1.29 is 17.9 Å². The van der Waals surface area contributed by atoms with E-state index in [-0.39, 0.29) is 27.8 Å². The molecule has 3 rings (SSSR count). The van der Waals surface area contributed by atoms with Crippen molar-refractivity contribution in [1.29, 1.82) is 0 Å². The zero-order chi connectivity index (χ0) is 15.0. The van der Waals surface area contributed by atoms with Gasteiger partial charge in [-0.1, -0.05) is 11.6 Å². The molecule has 1 aromatic carbocycles. The van der Waals surface area contributed by atoms with E-state index in [0.29, 0.717) is 5.52 Å². The summed E-state index contributed by atoms with van der Waals surface area (Å²) in [4.78, 5) is 8.16. The zero-order valence-corrected chi connectivity index (χ0v) is 10.9. The van der Waals surface area contributed by atoms with Crippen molar-refractivity contribution in [3.05, 3.63) is 35.4 Å². The Balaban J connectivity index is 2.12. The number of fused-ring (bicyclic) bond motifs is 1. The van der Waals surface area contributed by atoms with Gasteiger partial charge in [0.1, 0.15) is 17.1 Å². The first kappa shape index (κ1) is 13.6. The Morgan fingerprint density at radius 1 is 1.29 bits per heavy atom. The van der Waals surface area contributed by atoms with Crippen LogP contribution in [0.5, 0.6) is 5.75 Å². The van der Waals surface area contributed by atoms with Crippen molar-refractivity contribution >= 4 is 22.8 Å². The van der Waals surface area contributed by atoms with Gasteiger partial charge < -0.3 is 4.74 Å². The van der Waals surface area contributed by atoms with Crippen LogP contribution in [0.4, 0.5) is 13.2 Å². The topological polar surface area (TPSA) is 63.7 Å². The van der Waals surface area contributed by atoms with E-state index in [0.717, 1.165) is 12.1 Å². The van der Waals surface area contributed by atoms with Crippen LogP contribution in [0.1, 0.15) is 0 Å². The normalized spacial score (nSPS) is 11.3. The first-order valence-corrected chi connectivity index (χ1v) is 6.04. The van der Waals surface area contributed by atoms with Crippen LogP contribution in [0.25, 0.3) is 22.4 Å². The molecule has 0 bridgehead atoms. The molecule has 0 amide bonds. The number of rotatable bonds is 3. The summed E-state index contributed by atoms with van der Waals surface area (Å²) in [5.74, 6) is -1.04. The van der Waals surface area contributed by atoms with Crippen LogP contribution < -0.4 is 4.74 Å². The number of H-pyrrole nitrogens is 1. The summed E-state index contributed by atoms with van der Waals surface area (Å²) in [5, 5.41) is 6.52. The molecule has 2 aromatic heterocycles. The molecule has 0 saturated heterocycles. The molecule has 0 aliphatic heterocycles. The van der Waals surface area contributed by atoms with E-state index >= 15 is 0 Å². The van der Waals surface area contributed by atoms with Gasteiger partial charge in [-0.2, -0.15) is 13.9 Å². The Labute approximate surface area is 120 Å². The summed E-state index contributed by atoms with van der Waals surface area (Å²) in [6, 6.07) is 3.24. The Morgan fingerprint density at radius 2 is 2.10 bits per heavy atom. The van der Waals surface area contributed by atoms with Gasteiger partial charge in [-0.25, -0.2) is 14.4 Å². The third-order valence-electron chi connectivity index (χ3n) is 2.66. The molecule has 0 radical (unpaired) electrons. The number of aromatic nitrogens is 4. The van der Waals surface area contributed by atoms with Crippen LogP contribution in [-0.4, -0.2) is 26.8 Å². The molecule has 0 aliphatic carbocycles. The average molecular weight is 315 g/mol. The third kappa shape index (κ3) is 2.62. The van der Waals surface area contributed by atoms with Crippen molar-refractivity contribution in [1.82, 2.24) is 20.2 Å². The second-order valence-electron chi connectivity index (χ2n) is 3.98. The summed E-state index contributed by atoms with van der Waals surface area (Å²) < 4.78 is 42.3. The average Bonchev–Trinajstić information content (AvgIpc) is 2.79. The maximum Gasteiger partial charge on any atom is 0.387 e. The SMILES string of the molecule is Fc1ccc(-c2cnc3c(Cl)[nH]nc3n2)c(OC(F)F)c1. The summed E-state index contributed by atoms with van der Waals surface area (Å²) in [6.07, 6.45) is 1.31. The summed E-state index contributed by atoms with van der Waals surface area (Å²) in [7, 11) is 0. The van der Waals surface area contributed by atoms with Gasteiger partial charge in [0.2, 0.25) is 5.65 Å². The minimum absolute atomic E-state index is 0.172. The van der Waals surface area contributed by atoms with Crippen LogP contribution in [0.2, 0.25) is 5.15 Å². The van der Waals surface area contributed by atoms with E-state index in [4.69, 9.17) is 11.6 Å². The predicted molar refractivity (Wildman–Crippen MR) is 68.7 cm³/mol. The van der Waals surface area contributed by atoms with Crippen LogP contribution in [0.15, 0.2) is 24.4 Å². The van der Waals surface area contributed by atoms with Gasteiger partial charge >= 0.3 is 6.61 Å². The minimum atomic E-state index is -3.08. The molecule has 108 valence electrons. The Morgan fingerprint density at radius 3 is 2.86 bits per heavy atom. The Bertz CT molecular complexity index is 808. The first-order chi connectivity index (χ1) is 10.0. The number of alkyl halides is 2. The second kappa shape index (κ2) is 5.21. The summed E-state index contributed by atoms with van der Waals surface area (Å²) in [6.45, 7) is -3.08. The number of hydrogen-bond acceptors (Lipinski definition) is 4. The molecule has 0 unspecified atom stereocenters. The lowest BCUT2D eigenvalue weighted by Gasteiger charge is -2.10. The highest BCUT2D eigenvalue weighted by molar-refractivity contribution is 6.33. The maximum atomic E-state index is 13.2. The van der Waals surface area contributed by atoms with Crippen LogP contribution in [0, 0.1) is 5.82 Å². The highest BCUT2D eigenvalue weighted by Crippen LogP contribution is 2.31. The van der Waals surface area contributed by atoms with Gasteiger partial charge in [-0.15, -0.1) is 0 Å². The number of halogens is 4. The smallest absolute Gasteiger partial charge is 0.387 e. The molecule has 0 spiro atoms. The Hall–Kier alpha value is -2.35. The number of nitrogens with zero attached hydrogens (tertiary/aromatic N) is 3. The third-order valence-corrected chi connectivity index (χ3v) is 2.92. The van der Waals surface area contributed by atoms with Crippen molar-refractivity contribution in [2.45, 2.75) is 6.61 Å². The van der Waals surface area contributed by atoms with Gasteiger partial charge in [0, 0.05) is 11.6 Å². The molecule has 0 aliphatic rings. The van der Waals surface area contributed by atoms with Gasteiger partial charge in [0.25, 0.3) is 0 Å². The monoisotopic (exact) mass is 314 g/mol. The number of nitrogens with one attached hydrogen (secondary N) is 1. The lowest BCUT2D eigenvalue weighted by atomic mass is 10.1. The highest BCUT2D eigenvalue weighted by atomic mass is 35.5. The lowest BCUT2D eigenvalue weighted by Crippen LogP contribution is -2.04. The molecule has 0 saturated carbocycles. The molecule has 9 heteroatoms. The Kier molecular flexibility index (Phi) is 3.38. The molecule has 0 fully saturated rings. The number of aromatic amines is 1.